The Morgan fingerprint density at radius 3 is 2.69 bits per heavy atom. The van der Waals surface area contributed by atoms with Crippen molar-refractivity contribution < 1.29 is 27.8 Å². The third kappa shape index (κ3) is 2.62. The van der Waals surface area contributed by atoms with E-state index < -0.39 is 36.2 Å². The highest BCUT2D eigenvalue weighted by Crippen LogP contribution is 2.29. The Labute approximate surface area is 88.7 Å². The van der Waals surface area contributed by atoms with Crippen LogP contribution in [0.25, 0.3) is 0 Å². The van der Waals surface area contributed by atoms with Crippen molar-refractivity contribution >= 4 is 5.97 Å². The van der Waals surface area contributed by atoms with E-state index in [-0.39, 0.29) is 5.56 Å². The highest BCUT2D eigenvalue weighted by Gasteiger charge is 2.21. The van der Waals surface area contributed by atoms with E-state index in [2.05, 4.69) is 9.72 Å². The smallest absolute Gasteiger partial charge is 0.308 e. The van der Waals surface area contributed by atoms with E-state index in [1.165, 1.54) is 0 Å². The van der Waals surface area contributed by atoms with Crippen LogP contribution in [0, 0.1) is 5.95 Å². The van der Waals surface area contributed by atoms with Crippen LogP contribution >= 0.6 is 0 Å². The number of nitrogens with zero attached hydrogens (tertiary/aromatic N) is 1. The second kappa shape index (κ2) is 4.82. The normalized spacial score (nSPS) is 10.6. The third-order valence-corrected chi connectivity index (χ3v) is 1.85. The van der Waals surface area contributed by atoms with Gasteiger partial charge in [0.15, 0.2) is 0 Å². The van der Waals surface area contributed by atoms with E-state index in [0.29, 0.717) is 6.07 Å². The molecule has 1 heterocycles. The average Bonchev–Trinajstić information content (AvgIpc) is 2.19. The highest BCUT2D eigenvalue weighted by atomic mass is 19.3. The van der Waals surface area contributed by atoms with Gasteiger partial charge in [0.2, 0.25) is 11.8 Å². The summed E-state index contributed by atoms with van der Waals surface area (Å²) >= 11 is 0. The molecule has 1 rings (SSSR count). The Morgan fingerprint density at radius 1 is 1.62 bits per heavy atom. The standard InChI is InChI=1S/C9H8F3NO3/c1-16-9-5(3-7(14)15)4(8(11)12)2-6(10)13-9/h2,8H,3H2,1H3,(H,14,15). The maximum absolute atomic E-state index is 12.8. The number of pyridine rings is 1. The molecule has 0 saturated carbocycles. The first-order valence-electron chi connectivity index (χ1n) is 4.19. The van der Waals surface area contributed by atoms with E-state index in [0.717, 1.165) is 7.11 Å². The zero-order chi connectivity index (χ0) is 12.3. The quantitative estimate of drug-likeness (QED) is 0.808. The lowest BCUT2D eigenvalue weighted by atomic mass is 10.1. The molecule has 0 bridgehead atoms. The number of aliphatic carboxylic acids is 1. The van der Waals surface area contributed by atoms with Crippen molar-refractivity contribution in [3.63, 3.8) is 0 Å². The van der Waals surface area contributed by atoms with Gasteiger partial charge in [-0.15, -0.1) is 0 Å². The molecule has 1 aromatic heterocycles. The first-order chi connectivity index (χ1) is 7.45. The minimum Gasteiger partial charge on any atom is -0.481 e. The molecule has 0 atom stereocenters. The average molecular weight is 235 g/mol. The van der Waals surface area contributed by atoms with Gasteiger partial charge < -0.3 is 9.84 Å². The van der Waals surface area contributed by atoms with Crippen molar-refractivity contribution in [1.82, 2.24) is 4.98 Å². The first kappa shape index (κ1) is 12.3. The van der Waals surface area contributed by atoms with E-state index in [4.69, 9.17) is 5.11 Å². The van der Waals surface area contributed by atoms with Crippen LogP contribution in [0.4, 0.5) is 13.2 Å². The van der Waals surface area contributed by atoms with Crippen LogP contribution in [0.5, 0.6) is 5.88 Å². The zero-order valence-corrected chi connectivity index (χ0v) is 8.21. The van der Waals surface area contributed by atoms with Crippen LogP contribution in [0.15, 0.2) is 6.07 Å². The van der Waals surface area contributed by atoms with Crippen molar-refractivity contribution in [2.75, 3.05) is 7.11 Å². The number of ether oxygens (including phenoxy) is 1. The van der Waals surface area contributed by atoms with Gasteiger partial charge in [-0.1, -0.05) is 0 Å². The predicted octanol–water partition coefficient (Wildman–Crippen LogP) is 1.79. The molecule has 88 valence electrons. The molecule has 0 unspecified atom stereocenters. The number of hydrogen-bond acceptors (Lipinski definition) is 3. The Hall–Kier alpha value is -1.79. The van der Waals surface area contributed by atoms with Gasteiger partial charge in [-0.2, -0.15) is 9.37 Å². The molecule has 0 aliphatic heterocycles. The van der Waals surface area contributed by atoms with E-state index in [1.54, 1.807) is 0 Å². The van der Waals surface area contributed by atoms with Crippen LogP contribution in [-0.4, -0.2) is 23.2 Å². The molecule has 0 spiro atoms. The molecule has 0 aliphatic rings. The van der Waals surface area contributed by atoms with Gasteiger partial charge in [0.1, 0.15) is 0 Å². The fraction of sp³-hybridized carbons (Fsp3) is 0.333. The first-order valence-corrected chi connectivity index (χ1v) is 4.19. The predicted molar refractivity (Wildman–Crippen MR) is 47.0 cm³/mol. The molecular formula is C9H8F3NO3. The third-order valence-electron chi connectivity index (χ3n) is 1.85. The number of rotatable bonds is 4. The summed E-state index contributed by atoms with van der Waals surface area (Å²) in [4.78, 5) is 13.7. The molecule has 0 radical (unpaired) electrons. The number of methoxy groups -OCH3 is 1. The lowest BCUT2D eigenvalue weighted by Gasteiger charge is -2.10. The summed E-state index contributed by atoms with van der Waals surface area (Å²) in [7, 11) is 1.10. The molecule has 0 fully saturated rings. The molecule has 0 aliphatic carbocycles. The summed E-state index contributed by atoms with van der Waals surface area (Å²) < 4.78 is 42.5. The minimum atomic E-state index is -2.99. The number of carbonyl (C=O) groups is 1. The fourth-order valence-corrected chi connectivity index (χ4v) is 1.23. The number of aromatic nitrogens is 1. The lowest BCUT2D eigenvalue weighted by molar-refractivity contribution is -0.136. The van der Waals surface area contributed by atoms with Crippen molar-refractivity contribution in [2.45, 2.75) is 12.8 Å². The van der Waals surface area contributed by atoms with Crippen LogP contribution < -0.4 is 4.74 Å². The van der Waals surface area contributed by atoms with Gasteiger partial charge in [-0.25, -0.2) is 8.78 Å². The van der Waals surface area contributed by atoms with Crippen molar-refractivity contribution in [3.05, 3.63) is 23.1 Å². The molecule has 0 saturated heterocycles. The molecular weight excluding hydrogens is 227 g/mol. The summed E-state index contributed by atoms with van der Waals surface area (Å²) in [6, 6.07) is 0.505. The van der Waals surface area contributed by atoms with Gasteiger partial charge in [0.05, 0.1) is 13.5 Å². The molecule has 16 heavy (non-hydrogen) atoms. The maximum atomic E-state index is 12.8. The largest absolute Gasteiger partial charge is 0.481 e. The number of alkyl halides is 2. The monoisotopic (exact) mass is 235 g/mol. The van der Waals surface area contributed by atoms with Gasteiger partial charge in [-0.05, 0) is 0 Å². The lowest BCUT2D eigenvalue weighted by Crippen LogP contribution is -2.09. The summed E-state index contributed by atoms with van der Waals surface area (Å²) in [6.07, 6.45) is -3.68. The number of carboxylic acid groups (broad SMARTS) is 1. The zero-order valence-electron chi connectivity index (χ0n) is 8.21. The Balaban J connectivity index is 3.32. The molecule has 1 N–H and O–H groups in total. The second-order valence-electron chi connectivity index (χ2n) is 2.89. The topological polar surface area (TPSA) is 59.4 Å². The maximum Gasteiger partial charge on any atom is 0.308 e. The van der Waals surface area contributed by atoms with Crippen molar-refractivity contribution in [3.8, 4) is 5.88 Å². The van der Waals surface area contributed by atoms with Gasteiger partial charge in [0, 0.05) is 17.2 Å². The number of carboxylic acids is 1. The Morgan fingerprint density at radius 2 is 2.25 bits per heavy atom. The van der Waals surface area contributed by atoms with E-state index in [9.17, 15) is 18.0 Å². The molecule has 0 amide bonds. The SMILES string of the molecule is COc1nc(F)cc(C(F)F)c1CC(=O)O. The number of halogens is 3. The summed E-state index contributed by atoms with van der Waals surface area (Å²) in [6.45, 7) is 0. The second-order valence-corrected chi connectivity index (χ2v) is 2.89. The molecule has 0 aromatic carbocycles. The van der Waals surface area contributed by atoms with Crippen LogP contribution in [-0.2, 0) is 11.2 Å². The molecule has 1 aromatic rings. The van der Waals surface area contributed by atoms with Crippen LogP contribution in [0.2, 0.25) is 0 Å². The van der Waals surface area contributed by atoms with Gasteiger partial charge in [-0.3, -0.25) is 4.79 Å². The van der Waals surface area contributed by atoms with E-state index >= 15 is 0 Å². The molecule has 4 nitrogen and oxygen atoms in total. The Kier molecular flexibility index (Phi) is 3.70. The summed E-state index contributed by atoms with van der Waals surface area (Å²) in [5.41, 5.74) is -1.03. The Bertz CT molecular complexity index is 409. The van der Waals surface area contributed by atoms with E-state index in [1.807, 2.05) is 0 Å². The van der Waals surface area contributed by atoms with Gasteiger partial charge in [0.25, 0.3) is 6.43 Å². The number of hydrogen-bond donors (Lipinski definition) is 1. The van der Waals surface area contributed by atoms with Crippen molar-refractivity contribution in [2.24, 2.45) is 0 Å². The molecule has 7 heteroatoms. The minimum absolute atomic E-state index is 0.314. The van der Waals surface area contributed by atoms with Gasteiger partial charge >= 0.3 is 5.97 Å². The van der Waals surface area contributed by atoms with Crippen molar-refractivity contribution in [1.29, 1.82) is 0 Å². The highest BCUT2D eigenvalue weighted by molar-refractivity contribution is 5.71. The summed E-state index contributed by atoms with van der Waals surface area (Å²) in [5.74, 6) is -2.90. The van der Waals surface area contributed by atoms with Crippen LogP contribution in [0.1, 0.15) is 17.6 Å². The van der Waals surface area contributed by atoms with Crippen LogP contribution in [0.3, 0.4) is 0 Å². The summed E-state index contributed by atoms with van der Waals surface area (Å²) in [5, 5.41) is 8.54. The fourth-order valence-electron chi connectivity index (χ4n) is 1.23.